The summed E-state index contributed by atoms with van der Waals surface area (Å²) in [7, 11) is 0. The Labute approximate surface area is 93.7 Å². The van der Waals surface area contributed by atoms with Gasteiger partial charge in [-0.2, -0.15) is 0 Å². The van der Waals surface area contributed by atoms with Crippen LogP contribution < -0.4 is 0 Å². The van der Waals surface area contributed by atoms with Crippen LogP contribution in [0, 0.1) is 10.1 Å². The quantitative estimate of drug-likeness (QED) is 0.330. The van der Waals surface area contributed by atoms with Gasteiger partial charge in [0.1, 0.15) is 6.29 Å². The van der Waals surface area contributed by atoms with E-state index in [1.54, 1.807) is 37.3 Å². The molecule has 0 N–H and O–H groups in total. The summed E-state index contributed by atoms with van der Waals surface area (Å²) in [6, 6.07) is 9.03. The lowest BCUT2D eigenvalue weighted by atomic mass is 9.92. The van der Waals surface area contributed by atoms with Gasteiger partial charge in [-0.3, -0.25) is 14.9 Å². The van der Waals surface area contributed by atoms with Gasteiger partial charge < -0.3 is 0 Å². The van der Waals surface area contributed by atoms with Gasteiger partial charge in [0.05, 0.1) is 5.92 Å². The first-order chi connectivity index (χ1) is 7.69. The lowest BCUT2D eigenvalue weighted by molar-refractivity contribution is -0.481. The van der Waals surface area contributed by atoms with E-state index in [0.717, 1.165) is 5.56 Å². The Morgan fingerprint density at radius 2 is 2.06 bits per heavy atom. The minimum atomic E-state index is -0.460. The Bertz CT molecular complexity index is 398. The third-order valence-corrected chi connectivity index (χ3v) is 2.41. The summed E-state index contributed by atoms with van der Waals surface area (Å²) in [5.41, 5.74) is 1.24. The monoisotopic (exact) mass is 219 g/mol. The van der Waals surface area contributed by atoms with Crippen LogP contribution in [0.5, 0.6) is 0 Å². The van der Waals surface area contributed by atoms with Crippen molar-refractivity contribution in [2.45, 2.75) is 12.8 Å². The largest absolute Gasteiger partial charge is 0.298 e. The SMILES string of the molecule is C/C=C(/C=O)[C@@H](C[N+](=O)[O-])c1ccccc1. The highest BCUT2D eigenvalue weighted by Crippen LogP contribution is 2.23. The predicted octanol–water partition coefficient (Wildman–Crippen LogP) is 2.19. The molecule has 4 nitrogen and oxygen atoms in total. The first kappa shape index (κ1) is 12.1. The lowest BCUT2D eigenvalue weighted by Crippen LogP contribution is -2.15. The van der Waals surface area contributed by atoms with Crippen LogP contribution in [0.3, 0.4) is 0 Å². The van der Waals surface area contributed by atoms with Crippen molar-refractivity contribution in [2.24, 2.45) is 0 Å². The zero-order chi connectivity index (χ0) is 12.0. The summed E-state index contributed by atoms with van der Waals surface area (Å²) in [5.74, 6) is -0.460. The molecule has 84 valence electrons. The van der Waals surface area contributed by atoms with Crippen LogP contribution in [-0.2, 0) is 4.79 Å². The second-order valence-corrected chi connectivity index (χ2v) is 3.39. The molecule has 0 saturated heterocycles. The van der Waals surface area contributed by atoms with Crippen LogP contribution >= 0.6 is 0 Å². The Morgan fingerprint density at radius 1 is 1.44 bits per heavy atom. The van der Waals surface area contributed by atoms with Crippen molar-refractivity contribution >= 4 is 6.29 Å². The molecular weight excluding hydrogens is 206 g/mol. The van der Waals surface area contributed by atoms with E-state index < -0.39 is 10.8 Å². The van der Waals surface area contributed by atoms with Crippen LogP contribution in [0.1, 0.15) is 18.4 Å². The number of nitrogens with zero attached hydrogens (tertiary/aromatic N) is 1. The van der Waals surface area contributed by atoms with Gasteiger partial charge in [0.25, 0.3) is 0 Å². The zero-order valence-corrected chi connectivity index (χ0v) is 9.00. The molecule has 1 aromatic rings. The van der Waals surface area contributed by atoms with Gasteiger partial charge in [0, 0.05) is 10.5 Å². The summed E-state index contributed by atoms with van der Waals surface area (Å²) in [6.45, 7) is 1.45. The van der Waals surface area contributed by atoms with E-state index in [1.807, 2.05) is 6.07 Å². The minimum absolute atomic E-state index is 0.261. The number of allylic oxidation sites excluding steroid dienone is 1. The zero-order valence-electron chi connectivity index (χ0n) is 9.00. The Morgan fingerprint density at radius 3 is 2.50 bits per heavy atom. The highest BCUT2D eigenvalue weighted by Gasteiger charge is 2.21. The van der Waals surface area contributed by atoms with Crippen molar-refractivity contribution in [3.8, 4) is 0 Å². The Hall–Kier alpha value is -1.97. The van der Waals surface area contributed by atoms with E-state index >= 15 is 0 Å². The van der Waals surface area contributed by atoms with Crippen LogP contribution in [0.2, 0.25) is 0 Å². The van der Waals surface area contributed by atoms with Gasteiger partial charge in [-0.05, 0) is 12.5 Å². The first-order valence-electron chi connectivity index (χ1n) is 4.97. The molecule has 0 aromatic heterocycles. The number of hydrogen-bond donors (Lipinski definition) is 0. The van der Waals surface area contributed by atoms with Crippen molar-refractivity contribution in [3.63, 3.8) is 0 Å². The fraction of sp³-hybridized carbons (Fsp3) is 0.250. The fourth-order valence-corrected chi connectivity index (χ4v) is 1.59. The molecule has 0 spiro atoms. The topological polar surface area (TPSA) is 60.2 Å². The average Bonchev–Trinajstić information content (AvgIpc) is 2.30. The molecule has 0 unspecified atom stereocenters. The molecule has 0 bridgehead atoms. The number of rotatable bonds is 5. The van der Waals surface area contributed by atoms with Gasteiger partial charge >= 0.3 is 0 Å². The van der Waals surface area contributed by atoms with Crippen molar-refractivity contribution in [1.82, 2.24) is 0 Å². The van der Waals surface area contributed by atoms with Gasteiger partial charge in [0.2, 0.25) is 6.54 Å². The summed E-state index contributed by atoms with van der Waals surface area (Å²) in [6.07, 6.45) is 2.30. The first-order valence-corrected chi connectivity index (χ1v) is 4.97. The highest BCUT2D eigenvalue weighted by atomic mass is 16.6. The maximum absolute atomic E-state index is 10.8. The van der Waals surface area contributed by atoms with E-state index in [9.17, 15) is 14.9 Å². The van der Waals surface area contributed by atoms with Gasteiger partial charge in [-0.1, -0.05) is 36.4 Å². The molecule has 0 heterocycles. The smallest absolute Gasteiger partial charge is 0.214 e. The summed E-state index contributed by atoms with van der Waals surface area (Å²) < 4.78 is 0. The van der Waals surface area contributed by atoms with Gasteiger partial charge in [0.15, 0.2) is 0 Å². The molecule has 0 amide bonds. The predicted molar refractivity (Wildman–Crippen MR) is 60.9 cm³/mol. The highest BCUT2D eigenvalue weighted by molar-refractivity contribution is 5.75. The third-order valence-electron chi connectivity index (χ3n) is 2.41. The standard InChI is InChI=1S/C12H13NO3/c1-2-10(9-14)12(8-13(15)16)11-6-4-3-5-7-11/h2-7,9,12H,8H2,1H3/b10-2-/t12-/m1/s1. The maximum atomic E-state index is 10.8. The second kappa shape index (κ2) is 5.80. The van der Waals surface area contributed by atoms with Crippen LogP contribution in [-0.4, -0.2) is 17.8 Å². The maximum Gasteiger partial charge on any atom is 0.214 e. The fourth-order valence-electron chi connectivity index (χ4n) is 1.59. The second-order valence-electron chi connectivity index (χ2n) is 3.39. The molecule has 0 aliphatic rings. The lowest BCUT2D eigenvalue weighted by Gasteiger charge is -2.12. The molecule has 1 atom stereocenters. The summed E-state index contributed by atoms with van der Waals surface area (Å²) in [5, 5.41) is 10.6. The summed E-state index contributed by atoms with van der Waals surface area (Å²) in [4.78, 5) is 21.0. The normalized spacial score (nSPS) is 13.2. The summed E-state index contributed by atoms with van der Waals surface area (Å²) >= 11 is 0. The van der Waals surface area contributed by atoms with Crippen LogP contribution in [0.25, 0.3) is 0 Å². The number of carbonyl (C=O) groups is 1. The van der Waals surface area contributed by atoms with E-state index in [0.29, 0.717) is 11.9 Å². The third kappa shape index (κ3) is 3.02. The molecule has 0 saturated carbocycles. The number of carbonyl (C=O) groups excluding carboxylic acids is 1. The van der Waals surface area contributed by atoms with Gasteiger partial charge in [-0.15, -0.1) is 0 Å². The molecule has 0 aliphatic heterocycles. The number of nitro groups is 1. The van der Waals surface area contributed by atoms with E-state index in [-0.39, 0.29) is 6.54 Å². The van der Waals surface area contributed by atoms with Crippen molar-refractivity contribution < 1.29 is 9.72 Å². The van der Waals surface area contributed by atoms with E-state index in [4.69, 9.17) is 0 Å². The Balaban J connectivity index is 3.05. The Kier molecular flexibility index (Phi) is 4.39. The van der Waals surface area contributed by atoms with E-state index in [1.165, 1.54) is 0 Å². The van der Waals surface area contributed by atoms with Crippen molar-refractivity contribution in [2.75, 3.05) is 6.54 Å². The van der Waals surface area contributed by atoms with Crippen LogP contribution in [0.4, 0.5) is 0 Å². The molecule has 4 heteroatoms. The number of benzene rings is 1. The van der Waals surface area contributed by atoms with Crippen molar-refractivity contribution in [3.05, 3.63) is 57.7 Å². The molecule has 1 rings (SSSR count). The average molecular weight is 219 g/mol. The minimum Gasteiger partial charge on any atom is -0.298 e. The van der Waals surface area contributed by atoms with E-state index in [2.05, 4.69) is 0 Å². The molecule has 0 aliphatic carbocycles. The molecule has 0 fully saturated rings. The van der Waals surface area contributed by atoms with Gasteiger partial charge in [-0.25, -0.2) is 0 Å². The van der Waals surface area contributed by atoms with Crippen LogP contribution in [0.15, 0.2) is 42.0 Å². The number of aldehydes is 1. The molecular formula is C12H13NO3. The number of hydrogen-bond acceptors (Lipinski definition) is 3. The molecule has 16 heavy (non-hydrogen) atoms. The molecule has 1 aromatic carbocycles. The van der Waals surface area contributed by atoms with Crippen molar-refractivity contribution in [1.29, 1.82) is 0 Å². The molecule has 0 radical (unpaired) electrons.